The Bertz CT molecular complexity index is 820. The van der Waals surface area contributed by atoms with Crippen molar-refractivity contribution < 1.29 is 26.4 Å². The van der Waals surface area contributed by atoms with E-state index in [1.165, 1.54) is 11.0 Å². The summed E-state index contributed by atoms with van der Waals surface area (Å²) in [6.45, 7) is 0.355. The molecule has 2 aliphatic rings. The first kappa shape index (κ1) is 20.1. The summed E-state index contributed by atoms with van der Waals surface area (Å²) in [7, 11) is -3.34. The fourth-order valence-corrected chi connectivity index (χ4v) is 4.45. The van der Waals surface area contributed by atoms with Crippen molar-refractivity contribution in [2.45, 2.75) is 55.9 Å². The number of amides is 1. The maximum atomic E-state index is 13.2. The van der Waals surface area contributed by atoms with Gasteiger partial charge in [-0.15, -0.1) is 0 Å². The van der Waals surface area contributed by atoms with Gasteiger partial charge in [-0.3, -0.25) is 4.79 Å². The van der Waals surface area contributed by atoms with E-state index in [9.17, 15) is 26.4 Å². The summed E-state index contributed by atoms with van der Waals surface area (Å²) in [5.41, 5.74) is -0.839. The first-order valence-corrected chi connectivity index (χ1v) is 11.1. The van der Waals surface area contributed by atoms with E-state index in [1.807, 2.05) is 0 Å². The van der Waals surface area contributed by atoms with Gasteiger partial charge in [-0.1, -0.05) is 12.8 Å². The molecule has 1 saturated heterocycles. The van der Waals surface area contributed by atoms with Crippen LogP contribution in [0.2, 0.25) is 0 Å². The summed E-state index contributed by atoms with van der Waals surface area (Å²) in [6, 6.07) is 2.21. The minimum Gasteiger partial charge on any atom is -0.337 e. The lowest BCUT2D eigenvalue weighted by molar-refractivity contribution is -0.141. The Morgan fingerprint density at radius 2 is 1.85 bits per heavy atom. The van der Waals surface area contributed by atoms with Crippen LogP contribution in [0, 0.1) is 0 Å². The average molecular weight is 404 g/mol. The van der Waals surface area contributed by atoms with Crippen LogP contribution in [0.1, 0.15) is 66.2 Å². The summed E-state index contributed by atoms with van der Waals surface area (Å²) < 4.78 is 63.6. The molecule has 150 valence electrons. The van der Waals surface area contributed by atoms with Gasteiger partial charge in [0.2, 0.25) is 0 Å². The van der Waals surface area contributed by atoms with Crippen molar-refractivity contribution in [1.29, 1.82) is 0 Å². The minimum atomic E-state index is -4.63. The number of hydrogen-bond acceptors (Lipinski definition) is 4. The molecule has 0 radical (unpaired) electrons. The van der Waals surface area contributed by atoms with Crippen LogP contribution < -0.4 is 0 Å². The first-order valence-electron chi connectivity index (χ1n) is 9.13. The van der Waals surface area contributed by atoms with Crippen molar-refractivity contribution in [3.63, 3.8) is 0 Å². The Hall–Kier alpha value is -1.64. The molecule has 1 atom stereocenters. The van der Waals surface area contributed by atoms with E-state index in [2.05, 4.69) is 4.98 Å². The highest BCUT2D eigenvalue weighted by molar-refractivity contribution is 7.91. The number of pyridine rings is 1. The lowest BCUT2D eigenvalue weighted by atomic mass is 10.1. The van der Waals surface area contributed by atoms with Gasteiger partial charge < -0.3 is 4.90 Å². The largest absolute Gasteiger partial charge is 0.433 e. The van der Waals surface area contributed by atoms with E-state index in [0.717, 1.165) is 38.0 Å². The van der Waals surface area contributed by atoms with Crippen LogP contribution in [0.3, 0.4) is 0 Å². The molecule has 1 aromatic heterocycles. The van der Waals surface area contributed by atoms with Crippen LogP contribution in [-0.2, 0) is 16.0 Å². The predicted octanol–water partition coefficient (Wildman–Crippen LogP) is 3.41. The molecule has 0 N–H and O–H groups in total. The number of nitrogens with zero attached hydrogens (tertiary/aromatic N) is 2. The summed E-state index contributed by atoms with van der Waals surface area (Å²) in [5.74, 6) is -0.588. The van der Waals surface area contributed by atoms with Crippen molar-refractivity contribution in [3.05, 3.63) is 29.1 Å². The monoisotopic (exact) mass is 404 g/mol. The van der Waals surface area contributed by atoms with Crippen molar-refractivity contribution in [2.75, 3.05) is 19.3 Å². The Balaban J connectivity index is 1.92. The van der Waals surface area contributed by atoms with Gasteiger partial charge in [-0.2, -0.15) is 13.2 Å². The highest BCUT2D eigenvalue weighted by Crippen LogP contribution is 2.41. The third kappa shape index (κ3) is 5.00. The lowest BCUT2D eigenvalue weighted by Crippen LogP contribution is -2.42. The second-order valence-electron chi connectivity index (χ2n) is 7.49. The predicted molar refractivity (Wildman–Crippen MR) is 94.2 cm³/mol. The number of aromatic nitrogens is 1. The number of alkyl halides is 3. The first-order chi connectivity index (χ1) is 12.6. The van der Waals surface area contributed by atoms with E-state index in [1.54, 1.807) is 0 Å². The van der Waals surface area contributed by atoms with Gasteiger partial charge in [0.15, 0.2) is 9.84 Å². The van der Waals surface area contributed by atoms with Gasteiger partial charge in [0.05, 0.1) is 5.25 Å². The minimum absolute atomic E-state index is 0.0140. The second-order valence-corrected chi connectivity index (χ2v) is 9.82. The average Bonchev–Trinajstić information content (AvgIpc) is 3.36. The zero-order valence-electron chi connectivity index (χ0n) is 15.1. The molecule has 5 nitrogen and oxygen atoms in total. The molecule has 1 saturated carbocycles. The van der Waals surface area contributed by atoms with Crippen LogP contribution in [0.25, 0.3) is 0 Å². The molecular formula is C18H23F3N2O3S. The van der Waals surface area contributed by atoms with E-state index < -0.39 is 32.9 Å². The summed E-state index contributed by atoms with van der Waals surface area (Å²) in [4.78, 5) is 18.0. The Morgan fingerprint density at radius 3 is 2.44 bits per heavy atom. The van der Waals surface area contributed by atoms with E-state index in [-0.39, 0.29) is 18.0 Å². The smallest absolute Gasteiger partial charge is 0.337 e. The summed E-state index contributed by atoms with van der Waals surface area (Å²) in [5, 5.41) is -0.687. The highest BCUT2D eigenvalue weighted by Gasteiger charge is 2.37. The van der Waals surface area contributed by atoms with Crippen LogP contribution in [0.15, 0.2) is 12.1 Å². The van der Waals surface area contributed by atoms with Gasteiger partial charge in [-0.25, -0.2) is 13.4 Å². The number of hydrogen-bond donors (Lipinski definition) is 0. The van der Waals surface area contributed by atoms with Crippen LogP contribution in [0.4, 0.5) is 13.2 Å². The lowest BCUT2D eigenvalue weighted by Gasteiger charge is -2.29. The molecule has 2 heterocycles. The zero-order chi connectivity index (χ0) is 19.8. The number of carbonyl (C=O) groups is 1. The van der Waals surface area contributed by atoms with Crippen LogP contribution in [-0.4, -0.2) is 48.8 Å². The van der Waals surface area contributed by atoms with Gasteiger partial charge in [-0.05, 0) is 37.8 Å². The maximum absolute atomic E-state index is 13.2. The Labute approximate surface area is 156 Å². The van der Waals surface area contributed by atoms with Gasteiger partial charge >= 0.3 is 6.18 Å². The Morgan fingerprint density at radius 1 is 1.15 bits per heavy atom. The number of rotatable bonds is 3. The normalized spacial score (nSPS) is 22.2. The third-order valence-electron chi connectivity index (χ3n) is 5.15. The zero-order valence-corrected chi connectivity index (χ0v) is 15.9. The molecule has 1 unspecified atom stereocenters. The van der Waals surface area contributed by atoms with E-state index in [4.69, 9.17) is 0 Å². The molecule has 9 heteroatoms. The summed E-state index contributed by atoms with van der Waals surface area (Å²) in [6.07, 6.45) is 0.748. The number of sulfone groups is 1. The maximum Gasteiger partial charge on any atom is 0.433 e. The van der Waals surface area contributed by atoms with Crippen molar-refractivity contribution >= 4 is 15.7 Å². The molecule has 2 fully saturated rings. The molecule has 1 aliphatic heterocycles. The van der Waals surface area contributed by atoms with Gasteiger partial charge in [0.1, 0.15) is 5.69 Å². The fourth-order valence-electron chi connectivity index (χ4n) is 3.41. The van der Waals surface area contributed by atoms with Crippen LogP contribution in [0.5, 0.6) is 0 Å². The van der Waals surface area contributed by atoms with Crippen molar-refractivity contribution in [2.24, 2.45) is 0 Å². The third-order valence-corrected chi connectivity index (χ3v) is 6.74. The Kier molecular flexibility index (Phi) is 5.52. The molecule has 3 rings (SSSR count). The van der Waals surface area contributed by atoms with Crippen molar-refractivity contribution in [3.8, 4) is 0 Å². The van der Waals surface area contributed by atoms with Gasteiger partial charge in [0, 0.05) is 36.5 Å². The van der Waals surface area contributed by atoms with Gasteiger partial charge in [0.25, 0.3) is 5.91 Å². The number of likely N-dealkylation sites (tertiary alicyclic amines) is 1. The summed E-state index contributed by atoms with van der Waals surface area (Å²) >= 11 is 0. The number of carbonyl (C=O) groups excluding carboxylic acids is 1. The molecule has 1 aromatic rings. The number of halogens is 3. The molecule has 1 amide bonds. The molecular weight excluding hydrogens is 381 g/mol. The van der Waals surface area contributed by atoms with E-state index in [0.29, 0.717) is 25.1 Å². The molecule has 0 aromatic carbocycles. The molecule has 1 aliphatic carbocycles. The quantitative estimate of drug-likeness (QED) is 0.774. The highest BCUT2D eigenvalue weighted by atomic mass is 32.2. The molecule has 0 spiro atoms. The second kappa shape index (κ2) is 7.41. The SMILES string of the molecule is CS(=O)(=O)C1CCCCCN(C(=O)c2cc(C3CC3)nc(C(F)(F)F)c2)C1. The topological polar surface area (TPSA) is 67.3 Å². The van der Waals surface area contributed by atoms with Crippen molar-refractivity contribution in [1.82, 2.24) is 9.88 Å². The van der Waals surface area contributed by atoms with Crippen LogP contribution >= 0.6 is 0 Å². The molecule has 0 bridgehead atoms. The van der Waals surface area contributed by atoms with E-state index >= 15 is 0 Å². The molecule has 27 heavy (non-hydrogen) atoms. The fraction of sp³-hybridized carbons (Fsp3) is 0.667. The standard InChI is InChI=1S/C18H23F3N2O3S/c1-27(25,26)14-5-3-2-4-8-23(11-14)17(24)13-9-15(12-6-7-12)22-16(10-13)18(19,20)21/h9-10,12,14H,2-8,11H2,1H3.